The second kappa shape index (κ2) is 9.66. The Balaban J connectivity index is 1.64. The first-order chi connectivity index (χ1) is 14.1. The van der Waals surface area contributed by atoms with E-state index in [1.54, 1.807) is 43.3 Å². The van der Waals surface area contributed by atoms with Crippen LogP contribution >= 0.6 is 11.3 Å². The standard InChI is InChI=1S/C22H21N3O3S/c1-3-28-19-11-9-16(10-12-19)21(26)25-24-15(2)17-6-4-7-18(14-17)23-22(27)20-8-5-13-29-20/h4-14H,3H2,1-2H3,(H,23,27)(H,25,26)/b24-15+. The van der Waals surface area contributed by atoms with E-state index >= 15 is 0 Å². The second-order valence-electron chi connectivity index (χ2n) is 6.11. The van der Waals surface area contributed by atoms with Crippen molar-refractivity contribution in [1.82, 2.24) is 5.43 Å². The molecule has 7 heteroatoms. The SMILES string of the molecule is CCOc1ccc(C(=O)N/N=C(\C)c2cccc(NC(=O)c3cccs3)c2)cc1. The Kier molecular flexibility index (Phi) is 6.76. The molecule has 0 spiro atoms. The van der Waals surface area contributed by atoms with Crippen molar-refractivity contribution in [3.8, 4) is 5.75 Å². The van der Waals surface area contributed by atoms with Gasteiger partial charge in [0.05, 0.1) is 17.2 Å². The van der Waals surface area contributed by atoms with Crippen molar-refractivity contribution in [1.29, 1.82) is 0 Å². The molecule has 0 saturated heterocycles. The Morgan fingerprint density at radius 2 is 1.79 bits per heavy atom. The van der Waals surface area contributed by atoms with Gasteiger partial charge in [-0.1, -0.05) is 18.2 Å². The highest BCUT2D eigenvalue weighted by molar-refractivity contribution is 7.12. The van der Waals surface area contributed by atoms with Crippen LogP contribution in [-0.4, -0.2) is 24.1 Å². The number of rotatable bonds is 7. The van der Waals surface area contributed by atoms with Crippen LogP contribution in [-0.2, 0) is 0 Å². The molecular formula is C22H21N3O3S. The molecule has 148 valence electrons. The van der Waals surface area contributed by atoms with Crippen molar-refractivity contribution in [2.75, 3.05) is 11.9 Å². The number of carbonyl (C=O) groups is 2. The van der Waals surface area contributed by atoms with E-state index < -0.39 is 0 Å². The van der Waals surface area contributed by atoms with E-state index in [4.69, 9.17) is 4.74 Å². The molecule has 2 aromatic carbocycles. The number of thiophene rings is 1. The van der Waals surface area contributed by atoms with Gasteiger partial charge in [-0.15, -0.1) is 11.3 Å². The minimum atomic E-state index is -0.311. The van der Waals surface area contributed by atoms with Crippen LogP contribution in [0.2, 0.25) is 0 Å². The number of hydrazone groups is 1. The summed E-state index contributed by atoms with van der Waals surface area (Å²) in [6.07, 6.45) is 0. The molecule has 2 amide bonds. The van der Waals surface area contributed by atoms with Crippen LogP contribution < -0.4 is 15.5 Å². The molecule has 0 radical (unpaired) electrons. The molecule has 0 unspecified atom stereocenters. The average Bonchev–Trinajstić information content (AvgIpc) is 3.28. The first-order valence-electron chi connectivity index (χ1n) is 9.09. The van der Waals surface area contributed by atoms with Crippen molar-refractivity contribution >= 4 is 34.6 Å². The largest absolute Gasteiger partial charge is 0.494 e. The van der Waals surface area contributed by atoms with E-state index in [-0.39, 0.29) is 11.8 Å². The van der Waals surface area contributed by atoms with Crippen LogP contribution in [0, 0.1) is 0 Å². The first kappa shape index (κ1) is 20.3. The van der Waals surface area contributed by atoms with Crippen molar-refractivity contribution in [2.24, 2.45) is 5.10 Å². The number of benzene rings is 2. The van der Waals surface area contributed by atoms with Crippen molar-refractivity contribution < 1.29 is 14.3 Å². The summed E-state index contributed by atoms with van der Waals surface area (Å²) in [7, 11) is 0. The normalized spacial score (nSPS) is 11.0. The summed E-state index contributed by atoms with van der Waals surface area (Å²) in [4.78, 5) is 25.1. The van der Waals surface area contributed by atoms with Crippen molar-refractivity contribution in [3.05, 3.63) is 82.0 Å². The van der Waals surface area contributed by atoms with Gasteiger partial charge in [0.25, 0.3) is 11.8 Å². The van der Waals surface area contributed by atoms with Crippen molar-refractivity contribution in [2.45, 2.75) is 13.8 Å². The summed E-state index contributed by atoms with van der Waals surface area (Å²) in [5.41, 5.74) is 5.12. The lowest BCUT2D eigenvalue weighted by Gasteiger charge is -2.07. The fraction of sp³-hybridized carbons (Fsp3) is 0.136. The summed E-state index contributed by atoms with van der Waals surface area (Å²) in [5, 5.41) is 8.89. The van der Waals surface area contributed by atoms with E-state index in [9.17, 15) is 9.59 Å². The van der Waals surface area contributed by atoms with Gasteiger partial charge in [0.2, 0.25) is 0 Å². The minimum Gasteiger partial charge on any atom is -0.494 e. The van der Waals surface area contributed by atoms with Crippen LogP contribution in [0.1, 0.15) is 39.4 Å². The molecule has 29 heavy (non-hydrogen) atoms. The third kappa shape index (κ3) is 5.52. The summed E-state index contributed by atoms with van der Waals surface area (Å²) in [6.45, 7) is 4.27. The predicted octanol–water partition coefficient (Wildman–Crippen LogP) is 4.55. The van der Waals surface area contributed by atoms with Crippen LogP contribution in [0.25, 0.3) is 0 Å². The molecular weight excluding hydrogens is 386 g/mol. The Morgan fingerprint density at radius 3 is 2.48 bits per heavy atom. The maximum absolute atomic E-state index is 12.3. The molecule has 6 nitrogen and oxygen atoms in total. The van der Waals surface area contributed by atoms with Gasteiger partial charge >= 0.3 is 0 Å². The number of hydrogen-bond donors (Lipinski definition) is 2. The van der Waals surface area contributed by atoms with E-state index in [1.807, 2.05) is 36.6 Å². The number of nitrogens with zero attached hydrogens (tertiary/aromatic N) is 1. The lowest BCUT2D eigenvalue weighted by atomic mass is 10.1. The molecule has 0 atom stereocenters. The van der Waals surface area contributed by atoms with Gasteiger partial charge in [-0.05, 0) is 67.3 Å². The van der Waals surface area contributed by atoms with E-state index in [2.05, 4.69) is 15.8 Å². The predicted molar refractivity (Wildman–Crippen MR) is 116 cm³/mol. The summed E-state index contributed by atoms with van der Waals surface area (Å²) < 4.78 is 5.37. The summed E-state index contributed by atoms with van der Waals surface area (Å²) in [5.74, 6) is 0.246. The molecule has 0 aliphatic carbocycles. The van der Waals surface area contributed by atoms with Gasteiger partial charge < -0.3 is 10.1 Å². The number of anilines is 1. The number of ether oxygens (including phenoxy) is 1. The third-order valence-electron chi connectivity index (χ3n) is 4.04. The highest BCUT2D eigenvalue weighted by atomic mass is 32.1. The minimum absolute atomic E-state index is 0.157. The number of carbonyl (C=O) groups excluding carboxylic acids is 2. The van der Waals surface area contributed by atoms with Gasteiger partial charge in [0.1, 0.15) is 5.75 Å². The monoisotopic (exact) mass is 407 g/mol. The van der Waals surface area contributed by atoms with E-state index in [0.29, 0.717) is 34.2 Å². The van der Waals surface area contributed by atoms with Crippen LogP contribution in [0.4, 0.5) is 5.69 Å². The Morgan fingerprint density at radius 1 is 1.00 bits per heavy atom. The van der Waals surface area contributed by atoms with E-state index in [0.717, 1.165) is 5.56 Å². The zero-order chi connectivity index (χ0) is 20.6. The molecule has 0 fully saturated rings. The zero-order valence-electron chi connectivity index (χ0n) is 16.1. The highest BCUT2D eigenvalue weighted by Gasteiger charge is 2.09. The number of amides is 2. The molecule has 0 aliphatic heterocycles. The smallest absolute Gasteiger partial charge is 0.271 e. The van der Waals surface area contributed by atoms with Crippen molar-refractivity contribution in [3.63, 3.8) is 0 Å². The maximum atomic E-state index is 12.3. The molecule has 0 saturated carbocycles. The highest BCUT2D eigenvalue weighted by Crippen LogP contribution is 2.16. The topological polar surface area (TPSA) is 79.8 Å². The fourth-order valence-electron chi connectivity index (χ4n) is 2.56. The molecule has 0 aliphatic rings. The third-order valence-corrected chi connectivity index (χ3v) is 4.90. The quantitative estimate of drug-likeness (QED) is 0.445. The van der Waals surface area contributed by atoms with Crippen LogP contribution in [0.15, 0.2) is 71.1 Å². The fourth-order valence-corrected chi connectivity index (χ4v) is 3.17. The molecule has 3 aromatic rings. The Hall–Kier alpha value is -3.45. The Labute approximate surface area is 173 Å². The van der Waals surface area contributed by atoms with E-state index in [1.165, 1.54) is 11.3 Å². The Bertz CT molecular complexity index is 1010. The van der Waals surface area contributed by atoms with Gasteiger partial charge in [-0.25, -0.2) is 5.43 Å². The average molecular weight is 407 g/mol. The molecule has 3 rings (SSSR count). The van der Waals surface area contributed by atoms with Gasteiger partial charge in [0.15, 0.2) is 0 Å². The molecule has 0 bridgehead atoms. The molecule has 2 N–H and O–H groups in total. The number of hydrogen-bond acceptors (Lipinski definition) is 5. The lowest BCUT2D eigenvalue weighted by Crippen LogP contribution is -2.19. The molecule has 1 heterocycles. The first-order valence-corrected chi connectivity index (χ1v) is 9.97. The van der Waals surface area contributed by atoms with Gasteiger partial charge in [-0.2, -0.15) is 5.10 Å². The maximum Gasteiger partial charge on any atom is 0.271 e. The zero-order valence-corrected chi connectivity index (χ0v) is 17.0. The van der Waals surface area contributed by atoms with Gasteiger partial charge in [0, 0.05) is 11.3 Å². The van der Waals surface area contributed by atoms with Gasteiger partial charge in [-0.3, -0.25) is 9.59 Å². The second-order valence-corrected chi connectivity index (χ2v) is 7.06. The summed E-state index contributed by atoms with van der Waals surface area (Å²) >= 11 is 1.38. The van der Waals surface area contributed by atoms with Crippen LogP contribution in [0.3, 0.4) is 0 Å². The van der Waals surface area contributed by atoms with Crippen LogP contribution in [0.5, 0.6) is 5.75 Å². The summed E-state index contributed by atoms with van der Waals surface area (Å²) in [6, 6.07) is 17.8. The molecule has 1 aromatic heterocycles. The lowest BCUT2D eigenvalue weighted by molar-refractivity contribution is 0.0954. The number of nitrogens with one attached hydrogen (secondary N) is 2.